The highest BCUT2D eigenvalue weighted by atomic mass is 35.5. The zero-order valence-electron chi connectivity index (χ0n) is 87.2. The first-order valence-corrected chi connectivity index (χ1v) is 50.2. The molecule has 6 aromatic rings. The average Bonchev–Trinajstić information content (AvgIpc) is 1.49. The maximum atomic E-state index is 15.3. The Labute approximate surface area is 857 Å². The van der Waals surface area contributed by atoms with Gasteiger partial charge in [-0.1, -0.05) is 123 Å². The number of hydrogen-bond donors (Lipinski definition) is 15. The predicted octanol–water partition coefficient (Wildman–Crippen LogP) is 7.11. The van der Waals surface area contributed by atoms with Crippen LogP contribution >= 0.6 is 11.6 Å². The Morgan fingerprint density at radius 3 is 2.06 bits per heavy atom. The summed E-state index contributed by atoms with van der Waals surface area (Å²) in [6, 6.07) is 15.9. The van der Waals surface area contributed by atoms with Gasteiger partial charge >= 0.3 is 12.2 Å². The molecule has 146 heavy (non-hydrogen) atoms. The Kier molecular flexibility index (Phi) is 44.0. The number of imidazole rings is 1. The van der Waals surface area contributed by atoms with Crippen molar-refractivity contribution >= 4 is 111 Å². The molecule has 3 saturated heterocycles. The van der Waals surface area contributed by atoms with E-state index in [4.69, 9.17) is 60.5 Å². The molecule has 0 unspecified atom stereocenters. The lowest BCUT2D eigenvalue weighted by Crippen LogP contribution is -2.63. The van der Waals surface area contributed by atoms with Crippen LogP contribution in [0.4, 0.5) is 31.2 Å². The van der Waals surface area contributed by atoms with E-state index in [1.807, 2.05) is 26.0 Å². The number of rotatable bonds is 49. The summed E-state index contributed by atoms with van der Waals surface area (Å²) in [6.45, 7) is 26.3. The molecule has 43 heteroatoms. The number of pyridine rings is 1. The quantitative estimate of drug-likeness (QED) is 0.0169. The van der Waals surface area contributed by atoms with Crippen LogP contribution in [0.5, 0.6) is 5.75 Å². The van der Waals surface area contributed by atoms with Crippen LogP contribution in [0.2, 0.25) is 5.02 Å². The van der Waals surface area contributed by atoms with Gasteiger partial charge in [-0.2, -0.15) is 0 Å². The highest BCUT2D eigenvalue weighted by molar-refractivity contribution is 6.31. The van der Waals surface area contributed by atoms with Gasteiger partial charge in [-0.15, -0.1) is 0 Å². The molecule has 0 bridgehead atoms. The normalized spacial score (nSPS) is 18.9. The Morgan fingerprint density at radius 1 is 0.726 bits per heavy atom. The SMILES string of the molecule is CC[C@H](C)[C@@H]([C@@H](CC(=O)N1CCC[C@H]1[C@H](OC)[C@@H](C)C(=O)N[C@H](C)[C@@H](O)c1ccccc1)OC)N(C)C(=O)[C@@H](NC(=O)[C@H](C(C)C)N(C)C(=O)OCc1ccc(NC(=O)[C@H](C)NC(=O)[C@@H](NC(=O)CCOCCC(=O)N(C)CC(=O)NCCNc2ncc(-c3cc(C)cc(F)c3)c(N3CCC(NC(=O)OC(C)(C)C)CC3)c2-c2nc3ccc(Cl)cc3[nH]2)C(C)C)c(O[C@@H]2O[C@H](C(=O)NCCN)[C@@H](O)[C@H](O)[C@H]2O)c1)C(C)C. The number of hydrogen-bond acceptors (Lipinski definition) is 28. The number of carbonyl (C=O) groups excluding carboxylic acids is 12. The van der Waals surface area contributed by atoms with Crippen molar-refractivity contribution in [2.75, 3.05) is 116 Å². The fourth-order valence-corrected chi connectivity index (χ4v) is 18.4. The van der Waals surface area contributed by atoms with Gasteiger partial charge in [-0.05, 0) is 156 Å². The van der Waals surface area contributed by atoms with Gasteiger partial charge in [-0.25, -0.2) is 23.9 Å². The van der Waals surface area contributed by atoms with E-state index in [-0.39, 0.29) is 106 Å². The standard InChI is InChI=1S/C103H150ClFN18O23/c1-21-59(9)84(75(140-19)51-79(127)123-41-25-28-73(123)90(141-20)60(10)94(132)111-61(11)86(128)64-26-23-22-24-27-64)120(17)99(137)82(56(4)5)118-97(135)83(57(6)7)121(18)102(139)143-54-63-29-31-71(74(48-63)144-100-89(131)87(129)88(130)91(145-100)98(136)109-38-37-106)116-95(133)62(12)112-96(134)81(55(2)3)117-76(124)35-44-142-45-36-78(126)119(16)53-77(125)107-39-40-108-92-80(93-114-70-32-30-66(104)50-72(70)115-93)85(69(52-110-92)65-46-58(8)47-67(105)49-65)122-42-33-68(34-43-122)113-101(138)146-103(13,14)15/h22-24,26-27,29-32,46-50,52,55-57,59-62,68,73,75,81-84,86-91,100,128-131H,21,25,28,33-45,51,53-54,106H2,1-20H3,(H,107,125)(H,108,110)(H,109,136)(H,111,132)(H,112,134)(H,113,138)(H,114,115)(H,116,133)(H,117,124)(H,118,135)/t59-,60+,61+,62-,73-,75+,81-,82-,83-,84-,86+,87-,88-,89+,90+,91-,100+/m0/s1. The van der Waals surface area contributed by atoms with Crippen molar-refractivity contribution in [1.82, 2.24) is 71.8 Å². The number of aliphatic hydroxyl groups is 4. The van der Waals surface area contributed by atoms with Gasteiger partial charge in [0, 0.05) is 110 Å². The zero-order chi connectivity index (χ0) is 108. The molecule has 17 atom stereocenters. The first-order chi connectivity index (χ1) is 69.1. The molecule has 3 aliphatic heterocycles. The topological polar surface area (TPSA) is 542 Å². The number of likely N-dealkylation sites (N-methyl/N-ethyl adjacent to an activating group) is 3. The minimum atomic E-state index is -2.04. The molecule has 16 N–H and O–H groups in total. The van der Waals surface area contributed by atoms with Crippen LogP contribution in [0.3, 0.4) is 0 Å². The van der Waals surface area contributed by atoms with E-state index >= 15 is 9.18 Å². The lowest BCUT2D eigenvalue weighted by atomic mass is 9.89. The lowest BCUT2D eigenvalue weighted by Gasteiger charge is -2.41. The number of ether oxygens (including phenoxy) is 7. The van der Waals surface area contributed by atoms with Gasteiger partial charge in [-0.3, -0.25) is 52.8 Å². The van der Waals surface area contributed by atoms with Crippen molar-refractivity contribution in [1.29, 1.82) is 0 Å². The zero-order valence-corrected chi connectivity index (χ0v) is 88.0. The Hall–Kier alpha value is -12.0. The molecule has 4 aromatic carbocycles. The molecule has 0 spiro atoms. The molecule has 3 fully saturated rings. The number of methoxy groups -OCH3 is 2. The largest absolute Gasteiger partial charge is 0.460 e. The molecule has 0 radical (unpaired) electrons. The second-order valence-electron chi connectivity index (χ2n) is 39.8. The Bertz CT molecular complexity index is 5420. The first kappa shape index (κ1) is 118. The fourth-order valence-electron chi connectivity index (χ4n) is 18.2. The fraction of sp³-hybridized carbons (Fsp3) is 0.592. The third kappa shape index (κ3) is 32.0. The molecule has 5 heterocycles. The number of nitrogens with one attached hydrogen (secondary N) is 10. The number of carbonyl (C=O) groups is 12. The third-order valence-electron chi connectivity index (χ3n) is 26.4. The number of aromatic amines is 1. The molecule has 41 nitrogen and oxygen atoms in total. The van der Waals surface area contributed by atoms with E-state index < -0.39 is 192 Å². The molecular weight excluding hydrogens is 1910 g/mol. The number of H-pyrrole nitrogens is 1. The summed E-state index contributed by atoms with van der Waals surface area (Å²) >= 11 is 6.45. The number of piperidine rings is 1. The monoisotopic (exact) mass is 2060 g/mol. The number of fused-ring (bicyclic) bond motifs is 1. The summed E-state index contributed by atoms with van der Waals surface area (Å²) in [6.07, 6.45) is -10.0. The number of halogens is 2. The molecule has 0 saturated carbocycles. The second-order valence-corrected chi connectivity index (χ2v) is 40.3. The molecule has 9 rings (SSSR count). The lowest BCUT2D eigenvalue weighted by molar-refractivity contribution is -0.266. The summed E-state index contributed by atoms with van der Waals surface area (Å²) in [5.74, 6) is -8.57. The number of alkyl carbamates (subject to hydrolysis) is 1. The van der Waals surface area contributed by atoms with Crippen LogP contribution in [-0.2, 0) is 83.0 Å². The summed E-state index contributed by atoms with van der Waals surface area (Å²) in [5, 5.41) is 70.3. The van der Waals surface area contributed by atoms with Gasteiger partial charge < -0.3 is 132 Å². The number of aromatic nitrogens is 3. The van der Waals surface area contributed by atoms with Crippen LogP contribution in [-0.4, -0.2) is 324 Å². The predicted molar refractivity (Wildman–Crippen MR) is 546 cm³/mol. The second kappa shape index (κ2) is 54.6. The molecular formula is C103H150ClFN18O23. The molecule has 2 aromatic heterocycles. The van der Waals surface area contributed by atoms with Crippen LogP contribution < -0.4 is 63.2 Å². The van der Waals surface area contributed by atoms with Crippen LogP contribution in [0.1, 0.15) is 171 Å². The summed E-state index contributed by atoms with van der Waals surface area (Å²) in [5.41, 5.74) is 9.95. The average molecular weight is 2060 g/mol. The first-order valence-electron chi connectivity index (χ1n) is 49.8. The molecule has 3 aliphatic rings. The number of nitrogens with two attached hydrogens (primary N) is 1. The smallest absolute Gasteiger partial charge is 0.410 e. The Morgan fingerprint density at radius 2 is 1.42 bits per heavy atom. The molecule has 804 valence electrons. The van der Waals surface area contributed by atoms with E-state index in [0.29, 0.717) is 113 Å². The van der Waals surface area contributed by atoms with Crippen molar-refractivity contribution in [2.24, 2.45) is 35.3 Å². The highest BCUT2D eigenvalue weighted by Gasteiger charge is 2.50. The van der Waals surface area contributed by atoms with Crippen LogP contribution in [0, 0.1) is 42.3 Å². The molecule has 12 amide bonds. The number of amides is 12. The number of benzene rings is 4. The van der Waals surface area contributed by atoms with E-state index in [1.165, 1.54) is 75.4 Å². The van der Waals surface area contributed by atoms with Crippen LogP contribution in [0.15, 0.2) is 91.1 Å². The maximum Gasteiger partial charge on any atom is 0.410 e. The van der Waals surface area contributed by atoms with Crippen LogP contribution in [0.25, 0.3) is 33.5 Å². The van der Waals surface area contributed by atoms with Crippen molar-refractivity contribution < 1.29 is 116 Å². The van der Waals surface area contributed by atoms with E-state index in [2.05, 4.69) is 57.7 Å². The molecule has 0 aliphatic carbocycles. The van der Waals surface area contributed by atoms with Gasteiger partial charge in [0.1, 0.15) is 77.9 Å². The van der Waals surface area contributed by atoms with Gasteiger partial charge in [0.05, 0.1) is 103 Å². The number of aryl methyl sites for hydroxylation is 1. The third-order valence-corrected chi connectivity index (χ3v) is 26.6. The van der Waals surface area contributed by atoms with Gasteiger partial charge in [0.2, 0.25) is 59.5 Å². The van der Waals surface area contributed by atoms with Crippen molar-refractivity contribution in [2.45, 2.75) is 265 Å². The highest BCUT2D eigenvalue weighted by Crippen LogP contribution is 2.45. The Balaban J connectivity index is 0.782. The van der Waals surface area contributed by atoms with Crippen molar-refractivity contribution in [3.63, 3.8) is 0 Å². The van der Waals surface area contributed by atoms with Crippen molar-refractivity contribution in [3.05, 3.63) is 119 Å². The number of anilines is 3. The minimum absolute atomic E-state index is 0.0149. The number of likely N-dealkylation sites (tertiary alicyclic amines) is 1. The number of aliphatic hydroxyl groups excluding tert-OH is 4. The van der Waals surface area contributed by atoms with E-state index in [1.54, 1.807) is 144 Å². The summed E-state index contributed by atoms with van der Waals surface area (Å²) in [7, 11) is 7.33. The van der Waals surface area contributed by atoms with Gasteiger partial charge in [0.25, 0.3) is 5.91 Å². The van der Waals surface area contributed by atoms with Gasteiger partial charge in [0.15, 0.2) is 6.10 Å². The minimum Gasteiger partial charge on any atom is -0.460 e. The summed E-state index contributed by atoms with van der Waals surface area (Å²) < 4.78 is 56.4. The summed E-state index contributed by atoms with van der Waals surface area (Å²) in [4.78, 5) is 188. The number of nitrogens with zero attached hydrogens (tertiary/aromatic N) is 7. The van der Waals surface area contributed by atoms with E-state index in [9.17, 15) is 73.2 Å². The van der Waals surface area contributed by atoms with Crippen molar-refractivity contribution in [3.8, 4) is 28.3 Å². The van der Waals surface area contributed by atoms with E-state index in [0.717, 1.165) is 4.90 Å². The maximum absolute atomic E-state index is 15.3.